The highest BCUT2D eigenvalue weighted by molar-refractivity contribution is 5.80. The first kappa shape index (κ1) is 17.6. The maximum absolute atomic E-state index is 13.2. The molecule has 126 valence electrons. The third kappa shape index (κ3) is 2.86. The Morgan fingerprint density at radius 2 is 1.86 bits per heavy atom. The quantitative estimate of drug-likeness (QED) is 0.505. The van der Waals surface area contributed by atoms with Crippen LogP contribution in [0.3, 0.4) is 0 Å². The van der Waals surface area contributed by atoms with E-state index in [1.807, 2.05) is 6.92 Å². The van der Waals surface area contributed by atoms with Crippen LogP contribution in [0.15, 0.2) is 11.6 Å². The molecule has 2 nitrogen and oxygen atoms in total. The second kappa shape index (κ2) is 5.69. The lowest BCUT2D eigenvalue weighted by Crippen LogP contribution is -2.47. The molecule has 0 N–H and O–H groups in total. The number of fused-ring (bicyclic) bond motifs is 2. The van der Waals surface area contributed by atoms with Crippen LogP contribution < -0.4 is 0 Å². The third-order valence-electron chi connectivity index (χ3n) is 6.37. The smallest absolute Gasteiger partial charge is 0.316 e. The van der Waals surface area contributed by atoms with Gasteiger partial charge in [-0.1, -0.05) is 39.3 Å². The Balaban J connectivity index is 2.27. The van der Waals surface area contributed by atoms with Gasteiger partial charge in [-0.2, -0.15) is 0 Å². The maximum atomic E-state index is 13.2. The van der Waals surface area contributed by atoms with Crippen molar-refractivity contribution in [3.63, 3.8) is 0 Å². The number of hydrogen-bond acceptors (Lipinski definition) is 2. The van der Waals surface area contributed by atoms with Crippen LogP contribution in [0.5, 0.6) is 0 Å². The molecule has 2 heteroatoms. The van der Waals surface area contributed by atoms with Crippen LogP contribution in [0, 0.1) is 22.7 Å². The van der Waals surface area contributed by atoms with Gasteiger partial charge in [0.2, 0.25) is 0 Å². The number of hydrogen-bond donors (Lipinski definition) is 0. The van der Waals surface area contributed by atoms with Crippen molar-refractivity contribution in [3.8, 4) is 0 Å². The Hall–Kier alpha value is -0.790. The Morgan fingerprint density at radius 1 is 1.23 bits per heavy atom. The van der Waals surface area contributed by atoms with Gasteiger partial charge in [-0.15, -0.1) is 0 Å². The predicted octanol–water partition coefficient (Wildman–Crippen LogP) is 5.52. The molecular formula is C20H34O2. The van der Waals surface area contributed by atoms with E-state index in [1.165, 1.54) is 24.8 Å². The van der Waals surface area contributed by atoms with Crippen molar-refractivity contribution in [2.24, 2.45) is 22.7 Å². The fourth-order valence-electron chi connectivity index (χ4n) is 4.47. The van der Waals surface area contributed by atoms with Gasteiger partial charge in [-0.05, 0) is 70.1 Å². The van der Waals surface area contributed by atoms with E-state index in [4.69, 9.17) is 4.74 Å². The van der Waals surface area contributed by atoms with E-state index in [-0.39, 0.29) is 17.0 Å². The van der Waals surface area contributed by atoms with Crippen LogP contribution in [-0.4, -0.2) is 11.6 Å². The van der Waals surface area contributed by atoms with Gasteiger partial charge in [-0.3, -0.25) is 4.79 Å². The molecule has 0 aromatic carbocycles. The first-order chi connectivity index (χ1) is 10.0. The average molecular weight is 306 g/mol. The molecule has 2 saturated carbocycles. The number of rotatable bonds is 4. The molecule has 0 aromatic rings. The molecule has 0 radical (unpaired) electrons. The Labute approximate surface area is 136 Å². The first-order valence-corrected chi connectivity index (χ1v) is 8.93. The van der Waals surface area contributed by atoms with Gasteiger partial charge in [0.15, 0.2) is 0 Å². The number of allylic oxidation sites excluding steroid dienone is 1. The Kier molecular flexibility index (Phi) is 4.54. The van der Waals surface area contributed by atoms with Crippen molar-refractivity contribution in [2.75, 3.05) is 0 Å². The van der Waals surface area contributed by atoms with Gasteiger partial charge in [0.25, 0.3) is 0 Å². The second-order valence-corrected chi connectivity index (χ2v) is 9.06. The summed E-state index contributed by atoms with van der Waals surface area (Å²) in [5.41, 5.74) is 0.249. The zero-order valence-corrected chi connectivity index (χ0v) is 15.6. The molecule has 4 unspecified atom stereocenters. The minimum absolute atomic E-state index is 0.0319. The molecule has 0 saturated heterocycles. The van der Waals surface area contributed by atoms with Crippen LogP contribution in [0.1, 0.15) is 80.6 Å². The number of carbonyl (C=O) groups is 1. The number of ether oxygens (including phenoxy) is 1. The van der Waals surface area contributed by atoms with Crippen LogP contribution in [0.2, 0.25) is 0 Å². The average Bonchev–Trinajstić information content (AvgIpc) is 2.97. The zero-order chi connectivity index (χ0) is 16.8. The van der Waals surface area contributed by atoms with Crippen molar-refractivity contribution in [1.29, 1.82) is 0 Å². The van der Waals surface area contributed by atoms with E-state index in [0.29, 0.717) is 5.92 Å². The minimum Gasteiger partial charge on any atom is -0.458 e. The fraction of sp³-hybridized carbons (Fsp3) is 0.850. The highest BCUT2D eigenvalue weighted by atomic mass is 16.6. The van der Waals surface area contributed by atoms with Gasteiger partial charge < -0.3 is 4.74 Å². The predicted molar refractivity (Wildman–Crippen MR) is 91.6 cm³/mol. The highest BCUT2D eigenvalue weighted by Crippen LogP contribution is 2.55. The molecule has 2 rings (SSSR count). The maximum Gasteiger partial charge on any atom is 0.316 e. The monoisotopic (exact) mass is 306 g/mol. The summed E-state index contributed by atoms with van der Waals surface area (Å²) in [4.78, 5) is 13.2. The normalized spacial score (nSPS) is 33.4. The molecule has 22 heavy (non-hydrogen) atoms. The molecular weight excluding hydrogens is 272 g/mol. The lowest BCUT2D eigenvalue weighted by atomic mass is 9.67. The molecule has 0 aromatic heterocycles. The van der Waals surface area contributed by atoms with Crippen LogP contribution in [-0.2, 0) is 9.53 Å². The summed E-state index contributed by atoms with van der Waals surface area (Å²) >= 11 is 0. The van der Waals surface area contributed by atoms with Gasteiger partial charge in [0.1, 0.15) is 5.60 Å². The summed E-state index contributed by atoms with van der Waals surface area (Å²) in [5, 5.41) is 0. The first-order valence-electron chi connectivity index (χ1n) is 8.93. The third-order valence-corrected chi connectivity index (χ3v) is 6.37. The summed E-state index contributed by atoms with van der Waals surface area (Å²) in [7, 11) is 0. The van der Waals surface area contributed by atoms with Crippen LogP contribution in [0.4, 0.5) is 0 Å². The molecule has 0 spiro atoms. The van der Waals surface area contributed by atoms with E-state index in [2.05, 4.69) is 47.6 Å². The molecule has 2 fully saturated rings. The van der Waals surface area contributed by atoms with E-state index in [9.17, 15) is 4.79 Å². The Bertz CT molecular complexity index is 467. The molecule has 0 amide bonds. The van der Waals surface area contributed by atoms with Gasteiger partial charge in [0, 0.05) is 0 Å². The summed E-state index contributed by atoms with van der Waals surface area (Å²) < 4.78 is 6.29. The summed E-state index contributed by atoms with van der Waals surface area (Å²) in [6.07, 6.45) is 7.96. The minimum atomic E-state index is -0.574. The van der Waals surface area contributed by atoms with Crippen LogP contribution >= 0.6 is 0 Å². The van der Waals surface area contributed by atoms with Crippen molar-refractivity contribution < 1.29 is 9.53 Å². The van der Waals surface area contributed by atoms with Crippen molar-refractivity contribution in [1.82, 2.24) is 0 Å². The lowest BCUT2D eigenvalue weighted by Gasteiger charge is -2.43. The number of esters is 1. The molecule has 0 aliphatic heterocycles. The van der Waals surface area contributed by atoms with E-state index in [1.54, 1.807) is 0 Å². The van der Waals surface area contributed by atoms with E-state index in [0.717, 1.165) is 18.8 Å². The molecule has 0 heterocycles. The van der Waals surface area contributed by atoms with Crippen LogP contribution in [0.25, 0.3) is 0 Å². The Morgan fingerprint density at radius 3 is 2.23 bits per heavy atom. The van der Waals surface area contributed by atoms with E-state index >= 15 is 0 Å². The van der Waals surface area contributed by atoms with Crippen molar-refractivity contribution >= 4 is 5.97 Å². The zero-order valence-electron chi connectivity index (χ0n) is 15.6. The van der Waals surface area contributed by atoms with Crippen molar-refractivity contribution in [3.05, 3.63) is 11.6 Å². The standard InChI is InChI=1S/C20H34O2/c1-8-20(13-15-9-10-16(20)11-15)22-17(21)19(7,12-14(2)3)18(4,5)6/h12,15-16H,8-11,13H2,1-7H3. The summed E-state index contributed by atoms with van der Waals surface area (Å²) in [5.74, 6) is 1.33. The lowest BCUT2D eigenvalue weighted by molar-refractivity contribution is -0.180. The van der Waals surface area contributed by atoms with Gasteiger partial charge in [0.05, 0.1) is 5.41 Å². The molecule has 2 aliphatic carbocycles. The second-order valence-electron chi connectivity index (χ2n) is 9.06. The largest absolute Gasteiger partial charge is 0.458 e. The molecule has 4 atom stereocenters. The number of carbonyl (C=O) groups excluding carboxylic acids is 1. The van der Waals surface area contributed by atoms with Gasteiger partial charge in [-0.25, -0.2) is 0 Å². The topological polar surface area (TPSA) is 26.3 Å². The molecule has 2 aliphatic rings. The summed E-state index contributed by atoms with van der Waals surface area (Å²) in [6, 6.07) is 0. The SMILES string of the molecule is CCC1(OC(=O)C(C)(C=C(C)C)C(C)(C)C)CC2CCC1C2. The molecule has 2 bridgehead atoms. The van der Waals surface area contributed by atoms with Gasteiger partial charge >= 0.3 is 5.97 Å². The fourth-order valence-corrected chi connectivity index (χ4v) is 4.47. The highest BCUT2D eigenvalue weighted by Gasteiger charge is 2.55. The van der Waals surface area contributed by atoms with Crippen molar-refractivity contribution in [2.45, 2.75) is 86.2 Å². The van der Waals surface area contributed by atoms with E-state index < -0.39 is 5.41 Å². The summed E-state index contributed by atoms with van der Waals surface area (Å²) in [6.45, 7) is 14.7.